The molecule has 0 aromatic heterocycles. The Hall–Kier alpha value is -3.46. The molecular formula is C36H42ClN3O4S. The first-order valence-electron chi connectivity index (χ1n) is 15.9. The fourth-order valence-electron chi connectivity index (χ4n) is 5.66. The first kappa shape index (κ1) is 32.9. The van der Waals surface area contributed by atoms with Crippen molar-refractivity contribution in [3.63, 3.8) is 0 Å². The first-order chi connectivity index (χ1) is 21.8. The predicted octanol–water partition coefficient (Wildman–Crippen LogP) is 6.36. The lowest BCUT2D eigenvalue weighted by Gasteiger charge is -2.32. The quantitative estimate of drug-likeness (QED) is 0.188. The van der Waals surface area contributed by atoms with Crippen LogP contribution in [0.4, 0.5) is 0 Å². The lowest BCUT2D eigenvalue weighted by atomic mass is 9.97. The van der Waals surface area contributed by atoms with Crippen LogP contribution in [-0.2, 0) is 39.0 Å². The van der Waals surface area contributed by atoms with Gasteiger partial charge in [0.05, 0.1) is 4.90 Å². The van der Waals surface area contributed by atoms with Crippen LogP contribution in [0.3, 0.4) is 0 Å². The van der Waals surface area contributed by atoms with Crippen molar-refractivity contribution in [2.75, 3.05) is 6.54 Å². The van der Waals surface area contributed by atoms with E-state index in [-0.39, 0.29) is 35.7 Å². The van der Waals surface area contributed by atoms with Gasteiger partial charge in [-0.05, 0) is 92.3 Å². The molecule has 3 aromatic carbocycles. The van der Waals surface area contributed by atoms with Crippen molar-refractivity contribution in [2.24, 2.45) is 0 Å². The number of carbonyl (C=O) groups excluding carboxylic acids is 2. The van der Waals surface area contributed by atoms with Crippen LogP contribution in [0.15, 0.2) is 95.4 Å². The van der Waals surface area contributed by atoms with Gasteiger partial charge in [0.15, 0.2) is 0 Å². The molecule has 0 heterocycles. The Bertz CT molecular complexity index is 1570. The normalized spacial score (nSPS) is 15.6. The molecule has 7 nitrogen and oxygen atoms in total. The van der Waals surface area contributed by atoms with Crippen molar-refractivity contribution < 1.29 is 18.0 Å². The average Bonchev–Trinajstić information content (AvgIpc) is 3.87. The van der Waals surface area contributed by atoms with E-state index in [0.717, 1.165) is 48.8 Å². The molecule has 0 radical (unpaired) electrons. The number of allylic oxidation sites excluding steroid dienone is 1. The average molecular weight is 648 g/mol. The van der Waals surface area contributed by atoms with Crippen LogP contribution in [0.25, 0.3) is 0 Å². The summed E-state index contributed by atoms with van der Waals surface area (Å²) >= 11 is 6.15. The van der Waals surface area contributed by atoms with Crippen LogP contribution in [0, 0.1) is 0 Å². The minimum Gasteiger partial charge on any atom is -0.354 e. The second-order valence-corrected chi connectivity index (χ2v) is 14.2. The Morgan fingerprint density at radius 3 is 2.24 bits per heavy atom. The van der Waals surface area contributed by atoms with Crippen LogP contribution in [0.2, 0.25) is 5.02 Å². The maximum atomic E-state index is 14.0. The van der Waals surface area contributed by atoms with Gasteiger partial charge in [-0.15, -0.1) is 0 Å². The summed E-state index contributed by atoms with van der Waals surface area (Å²) in [6.07, 6.45) is 10.4. The minimum absolute atomic E-state index is 0.0318. The molecule has 0 aliphatic heterocycles. The standard InChI is InChI=1S/C36H42ClN3O4S/c37-31-16-11-30(12-17-31)26-40(35(41)22-15-28-13-20-33(21-14-28)45(43,44)39-32-18-19-32)34(25-29-9-5-2-6-10-29)36(42)38-24-23-27-7-3-1-4-8-27/h2,5-7,9-14,16-17,20-21,32,34,39H,1,3-4,8,15,18-19,22-26H2,(H,38,42). The Labute approximate surface area is 272 Å². The Balaban J connectivity index is 1.32. The van der Waals surface area contributed by atoms with E-state index in [4.69, 9.17) is 11.6 Å². The summed E-state index contributed by atoms with van der Waals surface area (Å²) in [5, 5.41) is 3.74. The van der Waals surface area contributed by atoms with Gasteiger partial charge in [0.1, 0.15) is 6.04 Å². The molecule has 5 rings (SSSR count). The number of rotatable bonds is 15. The number of carbonyl (C=O) groups is 2. The van der Waals surface area contributed by atoms with E-state index < -0.39 is 16.1 Å². The molecule has 1 saturated carbocycles. The summed E-state index contributed by atoms with van der Waals surface area (Å²) in [5.41, 5.74) is 4.09. The molecule has 0 saturated heterocycles. The van der Waals surface area contributed by atoms with E-state index in [1.807, 2.05) is 42.5 Å². The number of sulfonamides is 1. The molecular weight excluding hydrogens is 606 g/mol. The van der Waals surface area contributed by atoms with Crippen molar-refractivity contribution in [1.29, 1.82) is 0 Å². The Kier molecular flexibility index (Phi) is 11.5. The highest BCUT2D eigenvalue weighted by Crippen LogP contribution is 2.23. The van der Waals surface area contributed by atoms with Crippen LogP contribution >= 0.6 is 11.6 Å². The van der Waals surface area contributed by atoms with Crippen LogP contribution in [-0.4, -0.2) is 43.8 Å². The van der Waals surface area contributed by atoms with E-state index in [1.54, 1.807) is 41.3 Å². The number of amides is 2. The Morgan fingerprint density at radius 1 is 0.867 bits per heavy atom. The molecule has 9 heteroatoms. The second-order valence-electron chi connectivity index (χ2n) is 12.0. The number of halogens is 1. The summed E-state index contributed by atoms with van der Waals surface area (Å²) in [4.78, 5) is 29.8. The number of nitrogens with zero attached hydrogens (tertiary/aromatic N) is 1. The van der Waals surface area contributed by atoms with Crippen molar-refractivity contribution in [1.82, 2.24) is 14.9 Å². The maximum absolute atomic E-state index is 14.0. The topological polar surface area (TPSA) is 95.6 Å². The van der Waals surface area contributed by atoms with Gasteiger partial charge in [-0.2, -0.15) is 0 Å². The molecule has 2 aliphatic rings. The number of benzene rings is 3. The van der Waals surface area contributed by atoms with Gasteiger partial charge >= 0.3 is 0 Å². The molecule has 0 bridgehead atoms. The van der Waals surface area contributed by atoms with E-state index in [0.29, 0.717) is 24.4 Å². The number of hydrogen-bond acceptors (Lipinski definition) is 4. The second kappa shape index (κ2) is 15.7. The molecule has 3 aromatic rings. The molecule has 2 amide bonds. The zero-order chi connectivity index (χ0) is 31.6. The highest BCUT2D eigenvalue weighted by molar-refractivity contribution is 7.89. The van der Waals surface area contributed by atoms with E-state index in [9.17, 15) is 18.0 Å². The zero-order valence-electron chi connectivity index (χ0n) is 25.6. The molecule has 1 atom stereocenters. The van der Waals surface area contributed by atoms with Gasteiger partial charge in [-0.25, -0.2) is 13.1 Å². The van der Waals surface area contributed by atoms with Crippen molar-refractivity contribution >= 4 is 33.4 Å². The lowest BCUT2D eigenvalue weighted by Crippen LogP contribution is -2.50. The van der Waals surface area contributed by atoms with E-state index >= 15 is 0 Å². The molecule has 0 spiro atoms. The summed E-state index contributed by atoms with van der Waals surface area (Å²) in [5.74, 6) is -0.321. The summed E-state index contributed by atoms with van der Waals surface area (Å²) in [6, 6.07) is 23.1. The molecule has 2 N–H and O–H groups in total. The predicted molar refractivity (Wildman–Crippen MR) is 178 cm³/mol. The van der Waals surface area contributed by atoms with Crippen LogP contribution in [0.1, 0.15) is 68.1 Å². The highest BCUT2D eigenvalue weighted by atomic mass is 35.5. The van der Waals surface area contributed by atoms with Crippen LogP contribution in [0.5, 0.6) is 0 Å². The van der Waals surface area contributed by atoms with E-state index in [2.05, 4.69) is 16.1 Å². The monoisotopic (exact) mass is 647 g/mol. The maximum Gasteiger partial charge on any atom is 0.243 e. The van der Waals surface area contributed by atoms with Gasteiger partial charge in [-0.3, -0.25) is 9.59 Å². The van der Waals surface area contributed by atoms with Crippen molar-refractivity contribution in [2.45, 2.75) is 87.7 Å². The van der Waals surface area contributed by atoms with Gasteiger partial charge in [0.2, 0.25) is 21.8 Å². The van der Waals surface area contributed by atoms with Crippen molar-refractivity contribution in [3.8, 4) is 0 Å². The van der Waals surface area contributed by atoms with Gasteiger partial charge in [0.25, 0.3) is 0 Å². The number of aryl methyl sites for hydroxylation is 1. The van der Waals surface area contributed by atoms with Crippen molar-refractivity contribution in [3.05, 3.63) is 112 Å². The third kappa shape index (κ3) is 10.0. The minimum atomic E-state index is -3.54. The van der Waals surface area contributed by atoms with E-state index in [1.165, 1.54) is 18.4 Å². The van der Waals surface area contributed by atoms with Crippen LogP contribution < -0.4 is 10.0 Å². The van der Waals surface area contributed by atoms with Gasteiger partial charge in [0, 0.05) is 37.0 Å². The zero-order valence-corrected chi connectivity index (χ0v) is 27.2. The summed E-state index contributed by atoms with van der Waals surface area (Å²) in [7, 11) is -3.54. The molecule has 1 fully saturated rings. The molecule has 1 unspecified atom stereocenters. The summed E-state index contributed by atoms with van der Waals surface area (Å²) in [6.45, 7) is 0.792. The molecule has 238 valence electrons. The highest BCUT2D eigenvalue weighted by Gasteiger charge is 2.31. The number of hydrogen-bond donors (Lipinski definition) is 2. The molecule has 45 heavy (non-hydrogen) atoms. The SMILES string of the molecule is O=C(NCCC1=CCCCC1)C(Cc1ccccc1)N(Cc1ccc(Cl)cc1)C(=O)CCc1ccc(S(=O)(=O)NC2CC2)cc1. The first-order valence-corrected chi connectivity index (χ1v) is 17.8. The third-order valence-corrected chi connectivity index (χ3v) is 10.2. The fraction of sp³-hybridized carbons (Fsp3) is 0.389. The Morgan fingerprint density at radius 2 is 1.58 bits per heavy atom. The fourth-order valence-corrected chi connectivity index (χ4v) is 7.09. The van der Waals surface area contributed by atoms with Gasteiger partial charge in [-0.1, -0.05) is 77.8 Å². The summed E-state index contributed by atoms with van der Waals surface area (Å²) < 4.78 is 27.8. The third-order valence-electron chi connectivity index (χ3n) is 8.43. The lowest BCUT2D eigenvalue weighted by molar-refractivity contribution is -0.141. The number of nitrogens with one attached hydrogen (secondary N) is 2. The largest absolute Gasteiger partial charge is 0.354 e. The van der Waals surface area contributed by atoms with Gasteiger partial charge < -0.3 is 10.2 Å². The molecule has 2 aliphatic carbocycles. The smallest absolute Gasteiger partial charge is 0.243 e.